The molecule has 0 spiro atoms. The lowest BCUT2D eigenvalue weighted by molar-refractivity contribution is 0.532. The zero-order chi connectivity index (χ0) is 17.6. The van der Waals surface area contributed by atoms with E-state index in [2.05, 4.69) is 15.2 Å². The summed E-state index contributed by atoms with van der Waals surface area (Å²) in [5.74, 6) is 0.935. The van der Waals surface area contributed by atoms with E-state index in [0.717, 1.165) is 16.8 Å². The number of halogens is 1. The first-order valence-corrected chi connectivity index (χ1v) is 7.87. The Kier molecular flexibility index (Phi) is 3.49. The molecular weight excluding hydrogens is 319 g/mol. The molecule has 7 heteroatoms. The maximum Gasteiger partial charge on any atom is 0.315 e. The molecule has 2 aromatic heterocycles. The molecule has 4 rings (SSSR count). The standard InChI is InChI=1S/C18H17FN6/c1-23(2)13-9-10-14-15(11-13)25-17(19)21-22-18(25)20-16(14)24(3)12-7-5-4-6-8-12/h4-11H,1-3H3. The second-order valence-corrected chi connectivity index (χ2v) is 6.03. The number of benzene rings is 2. The molecule has 0 fully saturated rings. The molecule has 126 valence electrons. The summed E-state index contributed by atoms with van der Waals surface area (Å²) in [4.78, 5) is 8.47. The number of anilines is 3. The number of hydrogen-bond acceptors (Lipinski definition) is 5. The number of nitrogens with zero attached hydrogens (tertiary/aromatic N) is 6. The summed E-state index contributed by atoms with van der Waals surface area (Å²) in [7, 11) is 5.82. The third kappa shape index (κ3) is 2.44. The predicted octanol–water partition coefficient (Wildman–Crippen LogP) is 3.25. The van der Waals surface area contributed by atoms with E-state index in [0.29, 0.717) is 11.3 Å². The number of aromatic nitrogens is 4. The van der Waals surface area contributed by atoms with Gasteiger partial charge in [0.15, 0.2) is 0 Å². The van der Waals surface area contributed by atoms with Crippen LogP contribution in [0.2, 0.25) is 0 Å². The van der Waals surface area contributed by atoms with E-state index >= 15 is 0 Å². The van der Waals surface area contributed by atoms with Crippen molar-refractivity contribution >= 4 is 33.9 Å². The van der Waals surface area contributed by atoms with Crippen LogP contribution in [-0.4, -0.2) is 40.7 Å². The molecule has 0 N–H and O–H groups in total. The van der Waals surface area contributed by atoms with Crippen LogP contribution in [0.3, 0.4) is 0 Å². The van der Waals surface area contributed by atoms with E-state index in [1.807, 2.05) is 79.5 Å². The molecule has 2 aromatic carbocycles. The average Bonchev–Trinajstić information content (AvgIpc) is 3.01. The minimum atomic E-state index is -0.669. The Morgan fingerprint density at radius 1 is 0.920 bits per heavy atom. The van der Waals surface area contributed by atoms with E-state index < -0.39 is 6.08 Å². The molecule has 0 unspecified atom stereocenters. The molecule has 0 saturated heterocycles. The highest BCUT2D eigenvalue weighted by Gasteiger charge is 2.17. The third-order valence-electron chi connectivity index (χ3n) is 4.25. The molecule has 0 atom stereocenters. The quantitative estimate of drug-likeness (QED) is 0.575. The first-order valence-electron chi connectivity index (χ1n) is 7.87. The molecular formula is C18H17FN6. The van der Waals surface area contributed by atoms with Gasteiger partial charge < -0.3 is 9.80 Å². The molecule has 0 amide bonds. The fourth-order valence-corrected chi connectivity index (χ4v) is 2.89. The average molecular weight is 336 g/mol. The second-order valence-electron chi connectivity index (χ2n) is 6.03. The summed E-state index contributed by atoms with van der Waals surface area (Å²) in [6, 6.07) is 15.7. The highest BCUT2D eigenvalue weighted by molar-refractivity contribution is 5.95. The maximum atomic E-state index is 14.2. The van der Waals surface area contributed by atoms with Crippen molar-refractivity contribution < 1.29 is 4.39 Å². The number of para-hydroxylation sites is 1. The van der Waals surface area contributed by atoms with Crippen LogP contribution in [0.1, 0.15) is 0 Å². The fourth-order valence-electron chi connectivity index (χ4n) is 2.89. The van der Waals surface area contributed by atoms with Crippen LogP contribution in [0.4, 0.5) is 21.6 Å². The number of rotatable bonds is 3. The van der Waals surface area contributed by atoms with Gasteiger partial charge in [0.25, 0.3) is 5.78 Å². The minimum absolute atomic E-state index is 0.235. The largest absolute Gasteiger partial charge is 0.378 e. The van der Waals surface area contributed by atoms with Gasteiger partial charge >= 0.3 is 6.08 Å². The van der Waals surface area contributed by atoms with Gasteiger partial charge in [0.1, 0.15) is 5.82 Å². The van der Waals surface area contributed by atoms with Crippen molar-refractivity contribution in [2.45, 2.75) is 0 Å². The van der Waals surface area contributed by atoms with Crippen molar-refractivity contribution in [3.05, 3.63) is 54.6 Å². The smallest absolute Gasteiger partial charge is 0.315 e. The van der Waals surface area contributed by atoms with E-state index in [-0.39, 0.29) is 5.78 Å². The van der Waals surface area contributed by atoms with Gasteiger partial charge in [-0.15, -0.1) is 5.10 Å². The van der Waals surface area contributed by atoms with Gasteiger partial charge in [0.2, 0.25) is 0 Å². The van der Waals surface area contributed by atoms with Gasteiger partial charge in [-0.1, -0.05) is 23.3 Å². The lowest BCUT2D eigenvalue weighted by Crippen LogP contribution is -2.14. The van der Waals surface area contributed by atoms with Crippen molar-refractivity contribution in [1.82, 2.24) is 19.6 Å². The second kappa shape index (κ2) is 5.70. The van der Waals surface area contributed by atoms with Gasteiger partial charge in [-0.05, 0) is 30.3 Å². The first kappa shape index (κ1) is 15.3. The Labute approximate surface area is 144 Å². The van der Waals surface area contributed by atoms with Crippen LogP contribution in [-0.2, 0) is 0 Å². The number of fused-ring (bicyclic) bond motifs is 3. The molecule has 25 heavy (non-hydrogen) atoms. The van der Waals surface area contributed by atoms with Crippen LogP contribution in [0, 0.1) is 6.08 Å². The fraction of sp³-hybridized carbons (Fsp3) is 0.167. The highest BCUT2D eigenvalue weighted by atomic mass is 19.1. The molecule has 0 aliphatic heterocycles. The summed E-state index contributed by atoms with van der Waals surface area (Å²) in [6.07, 6.45) is -0.669. The van der Waals surface area contributed by atoms with Gasteiger partial charge in [0, 0.05) is 37.9 Å². The minimum Gasteiger partial charge on any atom is -0.378 e. The lowest BCUT2D eigenvalue weighted by Gasteiger charge is -2.21. The van der Waals surface area contributed by atoms with Gasteiger partial charge in [0.05, 0.1) is 5.52 Å². The monoisotopic (exact) mass is 336 g/mol. The van der Waals surface area contributed by atoms with E-state index in [1.165, 1.54) is 4.40 Å². The van der Waals surface area contributed by atoms with Crippen LogP contribution in [0.25, 0.3) is 16.7 Å². The molecule has 0 aliphatic rings. The van der Waals surface area contributed by atoms with Gasteiger partial charge in [-0.25, -0.2) is 4.40 Å². The van der Waals surface area contributed by atoms with Crippen molar-refractivity contribution in [3.63, 3.8) is 0 Å². The SMILES string of the molecule is CN(C)c1ccc2c(N(C)c3ccccc3)nc3nnc(F)n3c2c1. The molecule has 2 heterocycles. The molecule has 0 saturated carbocycles. The third-order valence-corrected chi connectivity index (χ3v) is 4.25. The Bertz CT molecular complexity index is 1060. The summed E-state index contributed by atoms with van der Waals surface area (Å²) in [6.45, 7) is 0. The van der Waals surface area contributed by atoms with Crippen molar-refractivity contribution in [3.8, 4) is 0 Å². The van der Waals surface area contributed by atoms with Gasteiger partial charge in [-0.2, -0.15) is 9.37 Å². The molecule has 0 aliphatic carbocycles. The highest BCUT2D eigenvalue weighted by Crippen LogP contribution is 2.32. The summed E-state index contributed by atoms with van der Waals surface area (Å²) in [5.41, 5.74) is 2.62. The first-order chi connectivity index (χ1) is 12.1. The molecule has 0 radical (unpaired) electrons. The molecule has 0 bridgehead atoms. The summed E-state index contributed by atoms with van der Waals surface area (Å²) < 4.78 is 15.5. The summed E-state index contributed by atoms with van der Waals surface area (Å²) in [5, 5.41) is 8.23. The molecule has 6 nitrogen and oxygen atoms in total. The zero-order valence-electron chi connectivity index (χ0n) is 14.2. The van der Waals surface area contributed by atoms with E-state index in [4.69, 9.17) is 0 Å². The number of hydrogen-bond donors (Lipinski definition) is 0. The Morgan fingerprint density at radius 2 is 1.68 bits per heavy atom. The van der Waals surface area contributed by atoms with Crippen molar-refractivity contribution in [2.75, 3.05) is 30.9 Å². The van der Waals surface area contributed by atoms with E-state index in [1.54, 1.807) is 0 Å². The Hall–Kier alpha value is -3.22. The predicted molar refractivity (Wildman–Crippen MR) is 97.1 cm³/mol. The Morgan fingerprint density at radius 3 is 2.40 bits per heavy atom. The van der Waals surface area contributed by atoms with Crippen molar-refractivity contribution in [2.24, 2.45) is 0 Å². The van der Waals surface area contributed by atoms with Crippen molar-refractivity contribution in [1.29, 1.82) is 0 Å². The van der Waals surface area contributed by atoms with Crippen LogP contribution in [0.15, 0.2) is 48.5 Å². The van der Waals surface area contributed by atoms with E-state index in [9.17, 15) is 4.39 Å². The normalized spacial score (nSPS) is 11.2. The summed E-state index contributed by atoms with van der Waals surface area (Å²) >= 11 is 0. The maximum absolute atomic E-state index is 14.2. The van der Waals surface area contributed by atoms with Gasteiger partial charge in [-0.3, -0.25) is 0 Å². The zero-order valence-corrected chi connectivity index (χ0v) is 14.2. The van der Waals surface area contributed by atoms with Crippen LogP contribution in [0.5, 0.6) is 0 Å². The Balaban J connectivity index is 2.04. The van der Waals surface area contributed by atoms with Crippen LogP contribution >= 0.6 is 0 Å². The van der Waals surface area contributed by atoms with Crippen LogP contribution < -0.4 is 9.80 Å². The molecule has 4 aromatic rings. The topological polar surface area (TPSA) is 49.6 Å². The lowest BCUT2D eigenvalue weighted by atomic mass is 10.2.